The fourth-order valence-corrected chi connectivity index (χ4v) is 4.31. The molecule has 33 heavy (non-hydrogen) atoms. The van der Waals surface area contributed by atoms with E-state index in [-0.39, 0.29) is 11.5 Å². The third-order valence-corrected chi connectivity index (χ3v) is 6.38. The molecule has 2 aromatic rings. The molecule has 0 bridgehead atoms. The molecule has 2 aliphatic heterocycles. The Balaban J connectivity index is 1.53. The second-order valence-corrected chi connectivity index (χ2v) is 8.25. The van der Waals surface area contributed by atoms with Gasteiger partial charge >= 0.3 is 6.03 Å². The fraction of sp³-hybridized carbons (Fsp3) is 0.280. The van der Waals surface area contributed by atoms with Gasteiger partial charge in [-0.25, -0.2) is 14.8 Å². The Morgan fingerprint density at radius 3 is 2.48 bits per heavy atom. The van der Waals surface area contributed by atoms with Crippen LogP contribution in [0.3, 0.4) is 0 Å². The van der Waals surface area contributed by atoms with Gasteiger partial charge in [0, 0.05) is 50.6 Å². The van der Waals surface area contributed by atoms with Crippen LogP contribution in [0.2, 0.25) is 0 Å². The van der Waals surface area contributed by atoms with Crippen LogP contribution in [-0.2, 0) is 0 Å². The van der Waals surface area contributed by atoms with Gasteiger partial charge in [0.15, 0.2) is 16.8 Å². The van der Waals surface area contributed by atoms with Crippen molar-refractivity contribution in [3.05, 3.63) is 63.9 Å². The van der Waals surface area contributed by atoms with Crippen molar-refractivity contribution in [3.63, 3.8) is 0 Å². The van der Waals surface area contributed by atoms with Gasteiger partial charge in [-0.1, -0.05) is 12.1 Å². The quantitative estimate of drug-likeness (QED) is 0.477. The molecule has 0 spiro atoms. The Hall–Kier alpha value is -3.94. The smallest absolute Gasteiger partial charge is 0.317 e. The molecule has 8 heteroatoms. The third kappa shape index (κ3) is 3.57. The molecule has 5 rings (SSSR count). The van der Waals surface area contributed by atoms with Gasteiger partial charge in [0.25, 0.3) is 0 Å². The Bertz CT molecular complexity index is 1370. The summed E-state index contributed by atoms with van der Waals surface area (Å²) in [5.74, 6) is 1.30. The summed E-state index contributed by atoms with van der Waals surface area (Å²) >= 11 is 0. The van der Waals surface area contributed by atoms with Crippen LogP contribution in [0.1, 0.15) is 11.1 Å². The van der Waals surface area contributed by atoms with Gasteiger partial charge in [0.1, 0.15) is 17.0 Å². The number of nitrogens with zero attached hydrogens (tertiary/aromatic N) is 4. The van der Waals surface area contributed by atoms with Crippen molar-refractivity contribution in [2.75, 3.05) is 38.1 Å². The summed E-state index contributed by atoms with van der Waals surface area (Å²) in [7, 11) is 1.64. The summed E-state index contributed by atoms with van der Waals surface area (Å²) in [6.07, 6.45) is 1.72. The number of urea groups is 1. The summed E-state index contributed by atoms with van der Waals surface area (Å²) in [5, 5.41) is 2.66. The summed E-state index contributed by atoms with van der Waals surface area (Å²) in [5.41, 5.74) is 4.66. The number of piperazine rings is 1. The number of aromatic nitrogens is 2. The summed E-state index contributed by atoms with van der Waals surface area (Å²) in [6, 6.07) is 11.3. The number of pyridine rings is 1. The average molecular weight is 444 g/mol. The lowest BCUT2D eigenvalue weighted by molar-refractivity contribution is 0.196. The second kappa shape index (κ2) is 8.20. The lowest BCUT2D eigenvalue weighted by Crippen LogP contribution is -2.51. The average Bonchev–Trinajstić information content (AvgIpc) is 2.86. The molecular formula is C25H25N5O3. The van der Waals surface area contributed by atoms with E-state index < -0.39 is 0 Å². The van der Waals surface area contributed by atoms with E-state index in [4.69, 9.17) is 9.40 Å². The number of nitrogens with one attached hydrogen (secondary N) is 1. The van der Waals surface area contributed by atoms with E-state index >= 15 is 0 Å². The minimum atomic E-state index is -0.0745. The number of para-hydroxylation sites is 2. The second-order valence-electron chi connectivity index (χ2n) is 8.25. The number of fused-ring (bicyclic) bond motifs is 2. The van der Waals surface area contributed by atoms with E-state index in [0.717, 1.165) is 16.9 Å². The van der Waals surface area contributed by atoms with E-state index in [0.29, 0.717) is 59.9 Å². The maximum absolute atomic E-state index is 13.3. The predicted molar refractivity (Wildman–Crippen MR) is 128 cm³/mol. The highest BCUT2D eigenvalue weighted by molar-refractivity contribution is 5.86. The molecule has 0 atom stereocenters. The van der Waals surface area contributed by atoms with Crippen molar-refractivity contribution in [1.82, 2.24) is 20.2 Å². The van der Waals surface area contributed by atoms with Crippen LogP contribution in [-0.4, -0.2) is 54.1 Å². The first-order chi connectivity index (χ1) is 16.0. The standard InChI is InChI=1S/C25H25N5O3/c1-15-16(2)23(31)21(24-22(15)28-18-6-4-5-7-19(18)33-24)17-8-9-20(27-14-17)29-10-12-30(13-11-29)25(32)26-3/h4-9,14H,10-13H2,1-3H3,(H,26,32). The van der Waals surface area contributed by atoms with Crippen LogP contribution in [0.15, 0.2) is 51.8 Å². The first kappa shape index (κ1) is 20.9. The number of hydrogen-bond acceptors (Lipinski definition) is 6. The maximum Gasteiger partial charge on any atom is 0.317 e. The predicted octanol–water partition coefficient (Wildman–Crippen LogP) is 3.43. The molecule has 1 N–H and O–H groups in total. The molecular weight excluding hydrogens is 418 g/mol. The first-order valence-electron chi connectivity index (χ1n) is 11.0. The van der Waals surface area contributed by atoms with Gasteiger partial charge in [-0.2, -0.15) is 0 Å². The molecule has 3 aliphatic rings. The number of anilines is 1. The van der Waals surface area contributed by atoms with E-state index in [1.54, 1.807) is 18.1 Å². The number of hydrogen-bond donors (Lipinski definition) is 1. The van der Waals surface area contributed by atoms with Crippen LogP contribution in [0, 0.1) is 13.8 Å². The van der Waals surface area contributed by atoms with Crippen LogP contribution >= 0.6 is 0 Å². The Kier molecular flexibility index (Phi) is 5.20. The summed E-state index contributed by atoms with van der Waals surface area (Å²) in [6.45, 7) is 6.39. The highest BCUT2D eigenvalue weighted by atomic mass is 16.3. The van der Waals surface area contributed by atoms with Crippen molar-refractivity contribution in [2.24, 2.45) is 0 Å². The highest BCUT2D eigenvalue weighted by Gasteiger charge is 2.25. The van der Waals surface area contributed by atoms with E-state index in [1.807, 2.05) is 50.2 Å². The topological polar surface area (TPSA) is 91.6 Å². The molecule has 1 saturated heterocycles. The molecule has 0 radical (unpaired) electrons. The number of carbonyl (C=O) groups is 1. The van der Waals surface area contributed by atoms with Crippen molar-refractivity contribution >= 4 is 22.9 Å². The number of benzene rings is 2. The van der Waals surface area contributed by atoms with E-state index in [9.17, 15) is 9.59 Å². The van der Waals surface area contributed by atoms with Crippen molar-refractivity contribution < 1.29 is 9.21 Å². The van der Waals surface area contributed by atoms with Gasteiger partial charge < -0.3 is 19.5 Å². The zero-order chi connectivity index (χ0) is 23.1. The van der Waals surface area contributed by atoms with Crippen LogP contribution in [0.4, 0.5) is 10.6 Å². The zero-order valence-electron chi connectivity index (χ0n) is 18.9. The molecule has 1 aromatic heterocycles. The molecule has 3 heterocycles. The number of amides is 2. The van der Waals surface area contributed by atoms with Gasteiger partial charge in [0.05, 0.1) is 5.56 Å². The molecule has 8 nitrogen and oxygen atoms in total. The zero-order valence-corrected chi connectivity index (χ0v) is 18.9. The van der Waals surface area contributed by atoms with Crippen molar-refractivity contribution in [3.8, 4) is 22.6 Å². The summed E-state index contributed by atoms with van der Waals surface area (Å²) in [4.78, 5) is 38.5. The normalized spacial score (nSPS) is 14.2. The van der Waals surface area contributed by atoms with Gasteiger partial charge in [-0.05, 0) is 43.7 Å². The monoisotopic (exact) mass is 443 g/mol. The molecule has 1 aromatic carbocycles. The van der Waals surface area contributed by atoms with Gasteiger partial charge in [0.2, 0.25) is 0 Å². The van der Waals surface area contributed by atoms with E-state index in [2.05, 4.69) is 15.2 Å². The Morgan fingerprint density at radius 2 is 1.79 bits per heavy atom. The maximum atomic E-state index is 13.3. The fourth-order valence-electron chi connectivity index (χ4n) is 4.31. The largest absolute Gasteiger partial charge is 0.452 e. The highest BCUT2D eigenvalue weighted by Crippen LogP contribution is 2.35. The van der Waals surface area contributed by atoms with E-state index in [1.165, 1.54) is 0 Å². The lowest BCUT2D eigenvalue weighted by Gasteiger charge is -2.35. The summed E-state index contributed by atoms with van der Waals surface area (Å²) < 4.78 is 6.20. The molecule has 2 amide bonds. The van der Waals surface area contributed by atoms with Crippen LogP contribution in [0.5, 0.6) is 0 Å². The van der Waals surface area contributed by atoms with Crippen LogP contribution in [0.25, 0.3) is 33.7 Å². The number of carbonyl (C=O) groups excluding carboxylic acids is 1. The first-order valence-corrected chi connectivity index (χ1v) is 11.0. The minimum Gasteiger partial charge on any atom is -0.452 e. The Labute approximate surface area is 191 Å². The Morgan fingerprint density at radius 1 is 1.03 bits per heavy atom. The van der Waals surface area contributed by atoms with Crippen LogP contribution < -0.4 is 15.6 Å². The van der Waals surface area contributed by atoms with Crippen molar-refractivity contribution in [1.29, 1.82) is 0 Å². The molecule has 1 fully saturated rings. The third-order valence-electron chi connectivity index (χ3n) is 6.38. The van der Waals surface area contributed by atoms with Gasteiger partial charge in [-0.3, -0.25) is 4.79 Å². The molecule has 0 unspecified atom stereocenters. The van der Waals surface area contributed by atoms with Gasteiger partial charge in [-0.15, -0.1) is 0 Å². The van der Waals surface area contributed by atoms with Crippen molar-refractivity contribution in [2.45, 2.75) is 13.8 Å². The minimum absolute atomic E-state index is 0.0626. The number of rotatable bonds is 2. The molecule has 0 saturated carbocycles. The molecule has 168 valence electrons. The molecule has 1 aliphatic carbocycles. The SMILES string of the molecule is CNC(=O)N1CCN(c2ccc(-c3c4oc5ccccc5nc-4c(C)c(C)c3=O)cn2)CC1. The lowest BCUT2D eigenvalue weighted by atomic mass is 9.94.